The highest BCUT2D eigenvalue weighted by Gasteiger charge is 1.99. The zero-order valence-corrected chi connectivity index (χ0v) is 5.07. The summed E-state index contributed by atoms with van der Waals surface area (Å²) in [7, 11) is 0.756. The Bertz CT molecular complexity index is 126. The lowest BCUT2D eigenvalue weighted by atomic mass is 10.5. The molecule has 0 aromatic carbocycles. The predicted octanol–water partition coefficient (Wildman–Crippen LogP) is 1.29. The molecular weight excluding hydrogens is 100 g/mol. The Morgan fingerprint density at radius 2 is 1.57 bits per heavy atom. The normalized spacial score (nSPS) is 18.9. The summed E-state index contributed by atoms with van der Waals surface area (Å²) in [6.45, 7) is 7.54. The molecule has 0 N–H and O–H groups in total. The highest BCUT2D eigenvalue weighted by atomic mass is 28.2. The smallest absolute Gasteiger partial charge is 0.0999 e. The highest BCUT2D eigenvalue weighted by Crippen LogP contribution is 2.07. The van der Waals surface area contributed by atoms with Gasteiger partial charge in [0.15, 0.2) is 0 Å². The van der Waals surface area contributed by atoms with Crippen molar-refractivity contribution in [1.82, 2.24) is 0 Å². The van der Waals surface area contributed by atoms with Crippen LogP contribution in [0.1, 0.15) is 0 Å². The van der Waals surface area contributed by atoms with E-state index < -0.39 is 0 Å². The SMILES string of the molecule is C=C1C=CC(=C)[Si]1. The Hall–Kier alpha value is -0.563. The molecule has 0 saturated carbocycles. The number of hydrogen-bond donors (Lipinski definition) is 0. The van der Waals surface area contributed by atoms with Gasteiger partial charge in [0.2, 0.25) is 0 Å². The van der Waals surface area contributed by atoms with Gasteiger partial charge in [0.05, 0.1) is 0 Å². The van der Waals surface area contributed by atoms with Crippen molar-refractivity contribution in [3.63, 3.8) is 0 Å². The van der Waals surface area contributed by atoms with Gasteiger partial charge in [0.1, 0.15) is 9.52 Å². The Labute approximate surface area is 46.1 Å². The second kappa shape index (κ2) is 1.50. The minimum Gasteiger partial charge on any atom is -0.0999 e. The first kappa shape index (κ1) is 4.59. The topological polar surface area (TPSA) is 0 Å². The Morgan fingerprint density at radius 1 is 1.14 bits per heavy atom. The van der Waals surface area contributed by atoms with Gasteiger partial charge in [-0.25, -0.2) is 0 Å². The van der Waals surface area contributed by atoms with Crippen molar-refractivity contribution >= 4 is 9.52 Å². The molecule has 1 rings (SSSR count). The van der Waals surface area contributed by atoms with Crippen molar-refractivity contribution < 1.29 is 0 Å². The molecule has 1 aliphatic heterocycles. The summed E-state index contributed by atoms with van der Waals surface area (Å²) in [4.78, 5) is 0. The van der Waals surface area contributed by atoms with Crippen LogP contribution in [0.2, 0.25) is 0 Å². The number of hydrogen-bond acceptors (Lipinski definition) is 0. The summed E-state index contributed by atoms with van der Waals surface area (Å²) < 4.78 is 0. The van der Waals surface area contributed by atoms with Crippen molar-refractivity contribution in [3.8, 4) is 0 Å². The van der Waals surface area contributed by atoms with E-state index >= 15 is 0 Å². The Balaban J connectivity index is 2.76. The van der Waals surface area contributed by atoms with Crippen LogP contribution in [-0.2, 0) is 0 Å². The van der Waals surface area contributed by atoms with Crippen molar-refractivity contribution in [2.24, 2.45) is 0 Å². The third-order valence-corrected chi connectivity index (χ3v) is 1.78. The van der Waals surface area contributed by atoms with E-state index in [0.29, 0.717) is 0 Å². The molecule has 2 radical (unpaired) electrons. The quantitative estimate of drug-likeness (QED) is 0.408. The minimum absolute atomic E-state index is 0.756. The van der Waals surface area contributed by atoms with Crippen molar-refractivity contribution in [3.05, 3.63) is 35.7 Å². The molecule has 1 heteroatoms. The maximum Gasteiger partial charge on any atom is 0.119 e. The van der Waals surface area contributed by atoms with Crippen molar-refractivity contribution in [2.45, 2.75) is 0 Å². The fourth-order valence-corrected chi connectivity index (χ4v) is 1.24. The monoisotopic (exact) mass is 106 g/mol. The average Bonchev–Trinajstić information content (AvgIpc) is 1.87. The average molecular weight is 106 g/mol. The van der Waals surface area contributed by atoms with Gasteiger partial charge in [-0.15, -0.1) is 0 Å². The van der Waals surface area contributed by atoms with E-state index in [2.05, 4.69) is 13.2 Å². The van der Waals surface area contributed by atoms with E-state index in [4.69, 9.17) is 0 Å². The van der Waals surface area contributed by atoms with Gasteiger partial charge in [0, 0.05) is 0 Å². The van der Waals surface area contributed by atoms with Crippen molar-refractivity contribution in [1.29, 1.82) is 0 Å². The standard InChI is InChI=1S/C6H6Si/c1-5-3-4-6(2)7-5/h3-4H,1-2H2. The minimum atomic E-state index is 0.756. The van der Waals surface area contributed by atoms with Gasteiger partial charge < -0.3 is 0 Å². The lowest BCUT2D eigenvalue weighted by molar-refractivity contribution is 1.98. The molecule has 0 bridgehead atoms. The van der Waals surface area contributed by atoms with Gasteiger partial charge >= 0.3 is 0 Å². The van der Waals surface area contributed by atoms with Crippen LogP contribution in [0.25, 0.3) is 0 Å². The first-order chi connectivity index (χ1) is 3.29. The first-order valence-corrected chi connectivity index (χ1v) is 3.12. The molecule has 0 saturated heterocycles. The van der Waals surface area contributed by atoms with Crippen LogP contribution in [0.5, 0.6) is 0 Å². The molecule has 34 valence electrons. The van der Waals surface area contributed by atoms with Gasteiger partial charge in [-0.3, -0.25) is 0 Å². The Kier molecular flexibility index (Phi) is 0.986. The predicted molar refractivity (Wildman–Crippen MR) is 33.2 cm³/mol. The van der Waals surface area contributed by atoms with Crippen LogP contribution in [-0.4, -0.2) is 9.52 Å². The summed E-state index contributed by atoms with van der Waals surface area (Å²) in [5, 5.41) is 2.40. The van der Waals surface area contributed by atoms with Gasteiger partial charge in [-0.1, -0.05) is 35.7 Å². The molecule has 0 nitrogen and oxygen atoms in total. The van der Waals surface area contributed by atoms with E-state index in [-0.39, 0.29) is 0 Å². The molecular formula is C6H6Si. The highest BCUT2D eigenvalue weighted by molar-refractivity contribution is 6.57. The van der Waals surface area contributed by atoms with E-state index in [1.54, 1.807) is 0 Å². The van der Waals surface area contributed by atoms with E-state index in [9.17, 15) is 0 Å². The van der Waals surface area contributed by atoms with E-state index in [0.717, 1.165) is 9.52 Å². The molecule has 0 aromatic heterocycles. The van der Waals surface area contributed by atoms with Crippen LogP contribution in [0.15, 0.2) is 35.7 Å². The zero-order valence-electron chi connectivity index (χ0n) is 4.07. The second-order valence-corrected chi connectivity index (χ2v) is 3.04. The maximum absolute atomic E-state index is 3.77. The van der Waals surface area contributed by atoms with Gasteiger partial charge in [0.25, 0.3) is 0 Å². The van der Waals surface area contributed by atoms with Crippen LogP contribution in [0, 0.1) is 0 Å². The summed E-state index contributed by atoms with van der Waals surface area (Å²) in [6.07, 6.45) is 4.03. The van der Waals surface area contributed by atoms with E-state index in [1.165, 1.54) is 10.4 Å². The summed E-state index contributed by atoms with van der Waals surface area (Å²) >= 11 is 0. The Morgan fingerprint density at radius 3 is 1.71 bits per heavy atom. The second-order valence-electron chi connectivity index (χ2n) is 1.51. The molecule has 0 atom stereocenters. The molecule has 1 aliphatic rings. The molecule has 0 unspecified atom stereocenters. The summed E-state index contributed by atoms with van der Waals surface area (Å²) in [5.74, 6) is 0. The fourth-order valence-electron chi connectivity index (χ4n) is 0.491. The van der Waals surface area contributed by atoms with Gasteiger partial charge in [-0.2, -0.15) is 0 Å². The molecule has 0 aliphatic carbocycles. The third-order valence-electron chi connectivity index (χ3n) is 0.807. The van der Waals surface area contributed by atoms with Crippen LogP contribution in [0.3, 0.4) is 0 Å². The van der Waals surface area contributed by atoms with Crippen LogP contribution in [0.4, 0.5) is 0 Å². The van der Waals surface area contributed by atoms with E-state index in [1.807, 2.05) is 12.2 Å². The zero-order chi connectivity index (χ0) is 5.28. The lowest BCUT2D eigenvalue weighted by Crippen LogP contribution is -1.84. The van der Waals surface area contributed by atoms with Crippen LogP contribution < -0.4 is 0 Å². The van der Waals surface area contributed by atoms with Crippen molar-refractivity contribution in [2.75, 3.05) is 0 Å². The summed E-state index contributed by atoms with van der Waals surface area (Å²) in [5.41, 5.74) is 0. The first-order valence-electron chi connectivity index (χ1n) is 2.12. The third kappa shape index (κ3) is 0.902. The molecule has 0 aromatic rings. The molecule has 1 heterocycles. The number of rotatable bonds is 0. The molecule has 0 amide bonds. The number of allylic oxidation sites excluding steroid dienone is 4. The molecule has 7 heavy (non-hydrogen) atoms. The largest absolute Gasteiger partial charge is 0.119 e. The van der Waals surface area contributed by atoms with Crippen LogP contribution >= 0.6 is 0 Å². The fraction of sp³-hybridized carbons (Fsp3) is 0. The molecule has 0 fully saturated rings. The summed E-state index contributed by atoms with van der Waals surface area (Å²) in [6, 6.07) is 0. The lowest BCUT2D eigenvalue weighted by Gasteiger charge is -1.80. The molecule has 0 spiro atoms. The maximum atomic E-state index is 3.77. The van der Waals surface area contributed by atoms with Gasteiger partial charge in [-0.05, 0) is 0 Å².